The summed E-state index contributed by atoms with van der Waals surface area (Å²) in [6.07, 6.45) is 1.73. The maximum atomic E-state index is 12.8. The zero-order valence-electron chi connectivity index (χ0n) is 13.0. The van der Waals surface area contributed by atoms with Crippen LogP contribution in [-0.2, 0) is 4.79 Å². The van der Waals surface area contributed by atoms with Gasteiger partial charge in [-0.2, -0.15) is 10.1 Å². The second-order valence-electron chi connectivity index (χ2n) is 5.49. The van der Waals surface area contributed by atoms with E-state index in [2.05, 4.69) is 10.1 Å². The van der Waals surface area contributed by atoms with Gasteiger partial charge < -0.3 is 0 Å². The van der Waals surface area contributed by atoms with Crippen molar-refractivity contribution < 1.29 is 4.79 Å². The number of para-hydroxylation sites is 1. The Bertz CT molecular complexity index is 1040. The standard InChI is InChI=1S/C18H11Cl2N3OS/c1-10-13(8-11-6-7-12(19)9-14(11)20)17(24)23(22-10)18-21-15-4-2-3-5-16(15)25-18/h2-9H,1H3. The van der Waals surface area contributed by atoms with E-state index < -0.39 is 0 Å². The van der Waals surface area contributed by atoms with Crippen molar-refractivity contribution in [2.45, 2.75) is 6.92 Å². The van der Waals surface area contributed by atoms with E-state index in [0.29, 0.717) is 26.5 Å². The number of nitrogens with zero attached hydrogens (tertiary/aromatic N) is 3. The zero-order valence-corrected chi connectivity index (χ0v) is 15.4. The monoisotopic (exact) mass is 387 g/mol. The first kappa shape index (κ1) is 16.3. The van der Waals surface area contributed by atoms with Gasteiger partial charge in [0.1, 0.15) is 0 Å². The molecule has 2 heterocycles. The van der Waals surface area contributed by atoms with Crippen LogP contribution < -0.4 is 5.01 Å². The lowest BCUT2D eigenvalue weighted by atomic mass is 10.1. The summed E-state index contributed by atoms with van der Waals surface area (Å²) < 4.78 is 1.01. The van der Waals surface area contributed by atoms with E-state index in [4.69, 9.17) is 23.2 Å². The van der Waals surface area contributed by atoms with Crippen molar-refractivity contribution in [3.63, 3.8) is 0 Å². The molecule has 1 aliphatic heterocycles. The molecule has 3 aromatic rings. The molecule has 0 bridgehead atoms. The van der Waals surface area contributed by atoms with Gasteiger partial charge in [-0.05, 0) is 42.8 Å². The molecule has 0 radical (unpaired) electrons. The average molecular weight is 388 g/mol. The van der Waals surface area contributed by atoms with Crippen molar-refractivity contribution in [3.05, 3.63) is 63.6 Å². The molecule has 1 aliphatic rings. The Balaban J connectivity index is 1.72. The molecule has 0 spiro atoms. The maximum Gasteiger partial charge on any atom is 0.282 e. The van der Waals surface area contributed by atoms with Gasteiger partial charge in [0, 0.05) is 10.0 Å². The number of anilines is 1. The third-order valence-electron chi connectivity index (χ3n) is 3.79. The summed E-state index contributed by atoms with van der Waals surface area (Å²) in [5.41, 5.74) is 2.68. The molecular formula is C18H11Cl2N3OS. The summed E-state index contributed by atoms with van der Waals surface area (Å²) >= 11 is 13.6. The van der Waals surface area contributed by atoms with Gasteiger partial charge in [-0.3, -0.25) is 4.79 Å². The topological polar surface area (TPSA) is 45.6 Å². The van der Waals surface area contributed by atoms with Crippen molar-refractivity contribution in [1.29, 1.82) is 0 Å². The van der Waals surface area contributed by atoms with Crippen LogP contribution in [0.15, 0.2) is 53.1 Å². The quantitative estimate of drug-likeness (QED) is 0.551. The van der Waals surface area contributed by atoms with Crippen molar-refractivity contribution >= 4 is 67.6 Å². The minimum absolute atomic E-state index is 0.220. The van der Waals surface area contributed by atoms with Gasteiger partial charge in [-0.15, -0.1) is 0 Å². The number of rotatable bonds is 2. The van der Waals surface area contributed by atoms with Gasteiger partial charge in [0.05, 0.1) is 21.5 Å². The Morgan fingerprint density at radius 2 is 1.96 bits per heavy atom. The number of thiazole rings is 1. The highest BCUT2D eigenvalue weighted by Crippen LogP contribution is 2.33. The van der Waals surface area contributed by atoms with Crippen LogP contribution in [0.5, 0.6) is 0 Å². The highest BCUT2D eigenvalue weighted by Gasteiger charge is 2.31. The van der Waals surface area contributed by atoms with E-state index in [1.165, 1.54) is 16.3 Å². The number of hydrazone groups is 1. The summed E-state index contributed by atoms with van der Waals surface area (Å²) in [5.74, 6) is -0.220. The van der Waals surface area contributed by atoms with E-state index in [9.17, 15) is 4.79 Å². The number of benzene rings is 2. The highest BCUT2D eigenvalue weighted by molar-refractivity contribution is 7.22. The maximum absolute atomic E-state index is 12.8. The predicted octanol–water partition coefficient (Wildman–Crippen LogP) is 5.41. The van der Waals surface area contributed by atoms with Crippen LogP contribution in [0.3, 0.4) is 0 Å². The first-order valence-electron chi connectivity index (χ1n) is 7.45. The fourth-order valence-electron chi connectivity index (χ4n) is 2.54. The minimum atomic E-state index is -0.220. The second kappa shape index (κ2) is 6.26. The first-order chi connectivity index (χ1) is 12.0. The molecule has 0 aliphatic carbocycles. The van der Waals surface area contributed by atoms with Gasteiger partial charge in [0.2, 0.25) is 5.13 Å². The highest BCUT2D eigenvalue weighted by atomic mass is 35.5. The molecule has 2 aromatic carbocycles. The van der Waals surface area contributed by atoms with E-state index in [0.717, 1.165) is 15.8 Å². The lowest BCUT2D eigenvalue weighted by molar-refractivity contribution is -0.114. The summed E-state index contributed by atoms with van der Waals surface area (Å²) in [4.78, 5) is 17.3. The van der Waals surface area contributed by atoms with Crippen LogP contribution in [-0.4, -0.2) is 16.6 Å². The van der Waals surface area contributed by atoms with Crippen molar-refractivity contribution in [3.8, 4) is 0 Å². The number of carbonyl (C=O) groups excluding carboxylic acids is 1. The molecule has 1 aromatic heterocycles. The molecule has 4 rings (SSSR count). The number of hydrogen-bond acceptors (Lipinski definition) is 4. The third-order valence-corrected chi connectivity index (χ3v) is 5.36. The number of fused-ring (bicyclic) bond motifs is 1. The predicted molar refractivity (Wildman–Crippen MR) is 105 cm³/mol. The van der Waals surface area contributed by atoms with E-state index in [1.54, 1.807) is 31.2 Å². The molecule has 0 unspecified atom stereocenters. The lowest BCUT2D eigenvalue weighted by Gasteiger charge is -2.06. The number of halogens is 2. The third kappa shape index (κ3) is 2.95. The fraction of sp³-hybridized carbons (Fsp3) is 0.0556. The number of carbonyl (C=O) groups is 1. The molecule has 124 valence electrons. The van der Waals surface area contributed by atoms with Gasteiger partial charge in [0.25, 0.3) is 5.91 Å². The largest absolute Gasteiger partial charge is 0.282 e. The van der Waals surface area contributed by atoms with Crippen molar-refractivity contribution in [1.82, 2.24) is 4.98 Å². The molecule has 0 saturated heterocycles. The Labute approximate surface area is 158 Å². The fourth-order valence-corrected chi connectivity index (χ4v) is 3.92. The van der Waals surface area contributed by atoms with Crippen LogP contribution >= 0.6 is 34.5 Å². The SMILES string of the molecule is CC1=NN(c2nc3ccccc3s2)C(=O)C1=Cc1ccc(Cl)cc1Cl. The van der Waals surface area contributed by atoms with Crippen LogP contribution in [0.1, 0.15) is 12.5 Å². The minimum Gasteiger partial charge on any atom is -0.267 e. The molecule has 0 fully saturated rings. The summed E-state index contributed by atoms with van der Waals surface area (Å²) in [6, 6.07) is 12.9. The molecular weight excluding hydrogens is 377 g/mol. The smallest absolute Gasteiger partial charge is 0.267 e. The summed E-state index contributed by atoms with van der Waals surface area (Å²) in [7, 11) is 0. The van der Waals surface area contributed by atoms with Crippen molar-refractivity contribution in [2.24, 2.45) is 5.10 Å². The Morgan fingerprint density at radius 1 is 1.16 bits per heavy atom. The number of aromatic nitrogens is 1. The molecule has 1 amide bonds. The van der Waals surface area contributed by atoms with Crippen LogP contribution in [0.4, 0.5) is 5.13 Å². The van der Waals surface area contributed by atoms with Crippen LogP contribution in [0.2, 0.25) is 10.0 Å². The first-order valence-corrected chi connectivity index (χ1v) is 9.02. The Morgan fingerprint density at radius 3 is 2.72 bits per heavy atom. The molecule has 0 N–H and O–H groups in total. The zero-order chi connectivity index (χ0) is 17.6. The molecule has 0 atom stereocenters. The molecule has 0 saturated carbocycles. The van der Waals surface area contributed by atoms with Gasteiger partial charge in [-0.1, -0.05) is 52.7 Å². The van der Waals surface area contributed by atoms with Crippen LogP contribution in [0, 0.1) is 0 Å². The van der Waals surface area contributed by atoms with Crippen LogP contribution in [0.25, 0.3) is 16.3 Å². The average Bonchev–Trinajstić information content (AvgIpc) is 3.12. The normalized spacial score (nSPS) is 16.1. The second-order valence-corrected chi connectivity index (χ2v) is 7.34. The number of amides is 1. The van der Waals surface area contributed by atoms with E-state index in [1.807, 2.05) is 24.3 Å². The summed E-state index contributed by atoms with van der Waals surface area (Å²) in [6.45, 7) is 1.79. The van der Waals surface area contributed by atoms with Crippen molar-refractivity contribution in [2.75, 3.05) is 5.01 Å². The number of hydrogen-bond donors (Lipinski definition) is 0. The van der Waals surface area contributed by atoms with Gasteiger partial charge in [-0.25, -0.2) is 4.98 Å². The lowest BCUT2D eigenvalue weighted by Crippen LogP contribution is -2.21. The van der Waals surface area contributed by atoms with Gasteiger partial charge >= 0.3 is 0 Å². The molecule has 7 heteroatoms. The Kier molecular flexibility index (Phi) is 4.07. The molecule has 4 nitrogen and oxygen atoms in total. The van der Waals surface area contributed by atoms with E-state index in [-0.39, 0.29) is 5.91 Å². The molecule has 25 heavy (non-hydrogen) atoms. The van der Waals surface area contributed by atoms with Gasteiger partial charge in [0.15, 0.2) is 0 Å². The summed E-state index contributed by atoms with van der Waals surface area (Å²) in [5, 5.41) is 7.30. The Hall–Kier alpha value is -2.21. The van der Waals surface area contributed by atoms with E-state index >= 15 is 0 Å².